The molecule has 0 aliphatic heterocycles. The number of anilines is 3. The quantitative estimate of drug-likeness (QED) is 0.156. The number of carbonyl (C=O) groups excluding carboxylic acids is 1. The van der Waals surface area contributed by atoms with E-state index < -0.39 is 0 Å². The second-order valence-electron chi connectivity index (χ2n) is 10.4. The first-order valence-corrected chi connectivity index (χ1v) is 14.7. The summed E-state index contributed by atoms with van der Waals surface area (Å²) >= 11 is 0. The standard InChI is InChI=1S/C33H46N4O4/c1-6-9-10-11-27-32(34-28-14-12-25(20-23(28)4)36(7-2)16-18-38)30(40)22-31(41)33(27)35-29-15-13-26(21-24(29)5)37(8-3)17-19-39/h12-15,20-22,34,38-39,41H,6-11,16-19H2,1-5H3/b35-33-. The minimum absolute atomic E-state index is 0.0764. The van der Waals surface area contributed by atoms with E-state index in [-0.39, 0.29) is 24.8 Å². The van der Waals surface area contributed by atoms with Crippen LogP contribution >= 0.6 is 0 Å². The molecule has 2 aromatic carbocycles. The zero-order valence-electron chi connectivity index (χ0n) is 25.2. The summed E-state index contributed by atoms with van der Waals surface area (Å²) in [6.45, 7) is 13.0. The molecule has 0 aromatic heterocycles. The maximum absolute atomic E-state index is 13.3. The monoisotopic (exact) mass is 562 g/mol. The van der Waals surface area contributed by atoms with Crippen LogP contribution in [-0.4, -0.2) is 66.2 Å². The Kier molecular flexibility index (Phi) is 12.0. The van der Waals surface area contributed by atoms with E-state index in [1.54, 1.807) is 0 Å². The smallest absolute Gasteiger partial charge is 0.206 e. The third-order valence-corrected chi connectivity index (χ3v) is 7.49. The Morgan fingerprint density at radius 3 is 2.00 bits per heavy atom. The summed E-state index contributed by atoms with van der Waals surface area (Å²) in [5.74, 6) is -0.401. The second-order valence-corrected chi connectivity index (χ2v) is 10.4. The molecule has 0 unspecified atom stereocenters. The van der Waals surface area contributed by atoms with Gasteiger partial charge in [0.15, 0.2) is 0 Å². The molecule has 222 valence electrons. The summed E-state index contributed by atoms with van der Waals surface area (Å²) in [6.07, 6.45) is 4.75. The molecule has 0 bridgehead atoms. The second kappa shape index (κ2) is 15.4. The number of aryl methyl sites for hydroxylation is 2. The Morgan fingerprint density at radius 1 is 0.854 bits per heavy atom. The van der Waals surface area contributed by atoms with Crippen LogP contribution in [-0.2, 0) is 4.79 Å². The summed E-state index contributed by atoms with van der Waals surface area (Å²) < 4.78 is 0. The van der Waals surface area contributed by atoms with Gasteiger partial charge in [0, 0.05) is 54.9 Å². The predicted octanol–water partition coefficient (Wildman–Crippen LogP) is 5.98. The van der Waals surface area contributed by atoms with Crippen LogP contribution in [0.25, 0.3) is 0 Å². The predicted molar refractivity (Wildman–Crippen MR) is 170 cm³/mol. The number of rotatable bonds is 15. The van der Waals surface area contributed by atoms with Gasteiger partial charge in [-0.2, -0.15) is 0 Å². The number of aliphatic imine (C=N–C) groups is 1. The highest BCUT2D eigenvalue weighted by Gasteiger charge is 2.27. The van der Waals surface area contributed by atoms with Crippen LogP contribution in [0.5, 0.6) is 0 Å². The lowest BCUT2D eigenvalue weighted by molar-refractivity contribution is -0.111. The number of hydrogen-bond acceptors (Lipinski definition) is 8. The molecule has 8 heteroatoms. The maximum atomic E-state index is 13.3. The number of nitrogens with zero attached hydrogens (tertiary/aromatic N) is 3. The van der Waals surface area contributed by atoms with E-state index in [4.69, 9.17) is 4.99 Å². The van der Waals surface area contributed by atoms with Crippen LogP contribution in [0.2, 0.25) is 0 Å². The molecule has 41 heavy (non-hydrogen) atoms. The summed E-state index contributed by atoms with van der Waals surface area (Å²) in [6, 6.07) is 11.9. The lowest BCUT2D eigenvalue weighted by atomic mass is 9.92. The van der Waals surface area contributed by atoms with E-state index in [0.717, 1.165) is 66.2 Å². The van der Waals surface area contributed by atoms with Gasteiger partial charge in [0.2, 0.25) is 5.78 Å². The van der Waals surface area contributed by atoms with Crippen molar-refractivity contribution in [3.8, 4) is 0 Å². The first-order valence-electron chi connectivity index (χ1n) is 14.7. The Hall–Kier alpha value is -3.62. The van der Waals surface area contributed by atoms with Gasteiger partial charge in [-0.1, -0.05) is 19.8 Å². The van der Waals surface area contributed by atoms with Gasteiger partial charge in [0.05, 0.1) is 24.6 Å². The molecule has 0 saturated heterocycles. The van der Waals surface area contributed by atoms with Crippen molar-refractivity contribution in [1.29, 1.82) is 0 Å². The zero-order valence-corrected chi connectivity index (χ0v) is 25.2. The molecular formula is C33H46N4O4. The van der Waals surface area contributed by atoms with E-state index in [1.165, 1.54) is 6.08 Å². The van der Waals surface area contributed by atoms with Crippen molar-refractivity contribution in [2.24, 2.45) is 4.99 Å². The normalized spacial score (nSPS) is 14.5. The number of hydrogen-bond donors (Lipinski definition) is 4. The lowest BCUT2D eigenvalue weighted by Gasteiger charge is -2.25. The Labute approximate surface area is 244 Å². The van der Waals surface area contributed by atoms with Crippen LogP contribution in [0.3, 0.4) is 0 Å². The maximum Gasteiger partial charge on any atom is 0.206 e. The van der Waals surface area contributed by atoms with Crippen LogP contribution in [0, 0.1) is 13.8 Å². The number of unbranched alkanes of at least 4 members (excludes halogenated alkanes) is 2. The fourth-order valence-electron chi connectivity index (χ4n) is 5.13. The summed E-state index contributed by atoms with van der Waals surface area (Å²) in [4.78, 5) is 22.4. The van der Waals surface area contributed by atoms with Gasteiger partial charge in [-0.3, -0.25) is 4.79 Å². The Bertz CT molecular complexity index is 1300. The van der Waals surface area contributed by atoms with Crippen molar-refractivity contribution >= 4 is 34.2 Å². The van der Waals surface area contributed by atoms with E-state index in [9.17, 15) is 20.1 Å². The van der Waals surface area contributed by atoms with Gasteiger partial charge in [-0.25, -0.2) is 4.99 Å². The van der Waals surface area contributed by atoms with Crippen LogP contribution in [0.4, 0.5) is 22.7 Å². The summed E-state index contributed by atoms with van der Waals surface area (Å²) in [5, 5.41) is 33.2. The summed E-state index contributed by atoms with van der Waals surface area (Å²) in [5.41, 5.74) is 7.01. The van der Waals surface area contributed by atoms with Crippen molar-refractivity contribution < 1.29 is 20.1 Å². The molecule has 0 amide bonds. The van der Waals surface area contributed by atoms with Gasteiger partial charge >= 0.3 is 0 Å². The van der Waals surface area contributed by atoms with Gasteiger partial charge in [-0.05, 0) is 88.1 Å². The largest absolute Gasteiger partial charge is 0.506 e. The molecule has 8 nitrogen and oxygen atoms in total. The number of aliphatic hydroxyl groups excluding tert-OH is 3. The molecule has 0 spiro atoms. The van der Waals surface area contributed by atoms with Crippen molar-refractivity contribution in [2.75, 3.05) is 54.5 Å². The highest BCUT2D eigenvalue weighted by atomic mass is 16.3. The lowest BCUT2D eigenvalue weighted by Crippen LogP contribution is -2.26. The highest BCUT2D eigenvalue weighted by molar-refractivity contribution is 6.25. The molecule has 0 fully saturated rings. The fourth-order valence-corrected chi connectivity index (χ4v) is 5.13. The van der Waals surface area contributed by atoms with Crippen molar-refractivity contribution in [3.63, 3.8) is 0 Å². The minimum Gasteiger partial charge on any atom is -0.506 e. The van der Waals surface area contributed by atoms with Crippen LogP contribution in [0.1, 0.15) is 57.6 Å². The van der Waals surface area contributed by atoms with Gasteiger partial charge in [0.1, 0.15) is 11.5 Å². The topological polar surface area (TPSA) is 109 Å². The fraction of sp³-hybridized carbons (Fsp3) is 0.455. The molecule has 4 N–H and O–H groups in total. The van der Waals surface area contributed by atoms with Crippen LogP contribution in [0.15, 0.2) is 64.5 Å². The number of likely N-dealkylation sites (N-methyl/N-ethyl adjacent to an activating group) is 2. The number of allylic oxidation sites excluding steroid dienone is 2. The van der Waals surface area contributed by atoms with E-state index in [2.05, 4.69) is 35.0 Å². The molecule has 3 rings (SSSR count). The molecule has 0 saturated carbocycles. The average Bonchev–Trinajstić information content (AvgIpc) is 2.95. The highest BCUT2D eigenvalue weighted by Crippen LogP contribution is 2.32. The third-order valence-electron chi connectivity index (χ3n) is 7.49. The number of aliphatic hydroxyl groups is 3. The zero-order chi connectivity index (χ0) is 29.9. The van der Waals surface area contributed by atoms with Crippen LogP contribution < -0.4 is 15.1 Å². The molecule has 1 aliphatic carbocycles. The number of ketones is 1. The minimum atomic E-state index is -0.276. The number of nitrogens with one attached hydrogen (secondary N) is 1. The third kappa shape index (κ3) is 7.99. The van der Waals surface area contributed by atoms with E-state index in [0.29, 0.717) is 36.5 Å². The van der Waals surface area contributed by atoms with Gasteiger partial charge in [0.25, 0.3) is 0 Å². The summed E-state index contributed by atoms with van der Waals surface area (Å²) in [7, 11) is 0. The number of carbonyl (C=O) groups is 1. The van der Waals surface area contributed by atoms with Crippen molar-refractivity contribution in [3.05, 3.63) is 70.6 Å². The van der Waals surface area contributed by atoms with Gasteiger partial charge < -0.3 is 30.4 Å². The Balaban J connectivity index is 2.05. The molecule has 0 heterocycles. The van der Waals surface area contributed by atoms with E-state index >= 15 is 0 Å². The number of benzene rings is 2. The van der Waals surface area contributed by atoms with Gasteiger partial charge in [-0.15, -0.1) is 0 Å². The molecule has 1 aliphatic rings. The first-order chi connectivity index (χ1) is 19.8. The molecular weight excluding hydrogens is 516 g/mol. The SMILES string of the molecule is CCCCCC1=C(Nc2ccc(N(CC)CCO)cc2C)C(=O)C=C(O)/C1=N\c1ccc(N(CC)CCO)cc1C. The van der Waals surface area contributed by atoms with Crippen molar-refractivity contribution in [1.82, 2.24) is 0 Å². The first kappa shape index (κ1) is 31.9. The van der Waals surface area contributed by atoms with E-state index in [1.807, 2.05) is 51.1 Å². The van der Waals surface area contributed by atoms with Crippen molar-refractivity contribution in [2.45, 2.75) is 60.3 Å². The molecule has 0 radical (unpaired) electrons. The average molecular weight is 563 g/mol. The molecule has 0 atom stereocenters. The Morgan fingerprint density at radius 2 is 1.46 bits per heavy atom. The molecule has 2 aromatic rings.